The molecule has 5 heteroatoms. The Hall–Kier alpha value is -0.960. The maximum Gasteiger partial charge on any atom is 0.0489 e. The van der Waals surface area contributed by atoms with Crippen molar-refractivity contribution >= 4 is 33.6 Å². The van der Waals surface area contributed by atoms with Gasteiger partial charge in [-0.05, 0) is 17.7 Å². The van der Waals surface area contributed by atoms with E-state index in [2.05, 4.69) is 26.0 Å². The summed E-state index contributed by atoms with van der Waals surface area (Å²) in [7, 11) is 0. The Morgan fingerprint density at radius 3 is 3.00 bits per heavy atom. The molecule has 0 aliphatic carbocycles. The van der Waals surface area contributed by atoms with E-state index in [0.29, 0.717) is 11.6 Å². The summed E-state index contributed by atoms with van der Waals surface area (Å²) in [4.78, 5) is 2.64. The highest BCUT2D eigenvalue weighted by molar-refractivity contribution is 9.10. The zero-order chi connectivity index (χ0) is 10.4. The molecule has 0 atom stereocenters. The van der Waals surface area contributed by atoms with Gasteiger partial charge in [0, 0.05) is 26.5 Å². The molecule has 0 radical (unpaired) electrons. The standard InChI is InChI=1S/C9H7BrClN3/c10-8-4-1-5-9(11)7(8)3-2-6-13-14-12/h1-5H,6H2. The van der Waals surface area contributed by atoms with Crippen molar-refractivity contribution in [1.29, 1.82) is 0 Å². The molecule has 0 aliphatic heterocycles. The first-order valence-corrected chi connectivity index (χ1v) is 5.04. The van der Waals surface area contributed by atoms with E-state index in [0.717, 1.165) is 10.0 Å². The van der Waals surface area contributed by atoms with Gasteiger partial charge in [-0.1, -0.05) is 50.9 Å². The van der Waals surface area contributed by atoms with Crippen molar-refractivity contribution in [3.63, 3.8) is 0 Å². The van der Waals surface area contributed by atoms with Crippen LogP contribution in [-0.2, 0) is 0 Å². The predicted molar refractivity (Wildman–Crippen MR) is 62.2 cm³/mol. The zero-order valence-corrected chi connectivity index (χ0v) is 9.53. The van der Waals surface area contributed by atoms with E-state index < -0.39 is 0 Å². The van der Waals surface area contributed by atoms with Gasteiger partial charge in [-0.2, -0.15) is 0 Å². The Balaban J connectivity index is 2.85. The Kier molecular flexibility index (Phi) is 4.53. The summed E-state index contributed by atoms with van der Waals surface area (Å²) in [5.41, 5.74) is 8.95. The fourth-order valence-electron chi connectivity index (χ4n) is 0.924. The largest absolute Gasteiger partial charge is 0.0899 e. The van der Waals surface area contributed by atoms with E-state index in [1.54, 1.807) is 12.1 Å². The molecule has 0 spiro atoms. The molecular formula is C9H7BrClN3. The van der Waals surface area contributed by atoms with Crippen molar-refractivity contribution < 1.29 is 0 Å². The van der Waals surface area contributed by atoms with E-state index in [1.165, 1.54) is 0 Å². The fourth-order valence-corrected chi connectivity index (χ4v) is 1.77. The normalized spacial score (nSPS) is 10.1. The first kappa shape index (κ1) is 11.1. The number of hydrogen-bond acceptors (Lipinski definition) is 1. The number of benzene rings is 1. The van der Waals surface area contributed by atoms with Crippen molar-refractivity contribution in [3.8, 4) is 0 Å². The smallest absolute Gasteiger partial charge is 0.0489 e. The van der Waals surface area contributed by atoms with Gasteiger partial charge in [0.1, 0.15) is 0 Å². The van der Waals surface area contributed by atoms with Crippen LogP contribution in [0.25, 0.3) is 16.5 Å². The van der Waals surface area contributed by atoms with Gasteiger partial charge in [-0.3, -0.25) is 0 Å². The van der Waals surface area contributed by atoms with Crippen LogP contribution < -0.4 is 0 Å². The molecule has 0 heterocycles. The number of rotatable bonds is 3. The minimum Gasteiger partial charge on any atom is -0.0899 e. The second-order valence-electron chi connectivity index (χ2n) is 2.45. The van der Waals surface area contributed by atoms with Crippen molar-refractivity contribution in [2.45, 2.75) is 0 Å². The SMILES string of the molecule is [N-]=[N+]=NCC=Cc1c(Cl)cccc1Br. The first-order chi connectivity index (χ1) is 6.75. The quantitative estimate of drug-likeness (QED) is 0.444. The van der Waals surface area contributed by atoms with Crippen molar-refractivity contribution in [1.82, 2.24) is 0 Å². The zero-order valence-electron chi connectivity index (χ0n) is 7.19. The lowest BCUT2D eigenvalue weighted by atomic mass is 10.2. The average Bonchev–Trinajstić information content (AvgIpc) is 2.16. The van der Waals surface area contributed by atoms with Gasteiger partial charge in [0.15, 0.2) is 0 Å². The number of azide groups is 1. The first-order valence-electron chi connectivity index (χ1n) is 3.87. The summed E-state index contributed by atoms with van der Waals surface area (Å²) in [5, 5.41) is 4.05. The van der Waals surface area contributed by atoms with Gasteiger partial charge >= 0.3 is 0 Å². The van der Waals surface area contributed by atoms with Crippen LogP contribution in [0.1, 0.15) is 5.56 Å². The third-order valence-electron chi connectivity index (χ3n) is 1.53. The van der Waals surface area contributed by atoms with Crippen LogP contribution in [-0.4, -0.2) is 6.54 Å². The van der Waals surface area contributed by atoms with Gasteiger partial charge in [0.25, 0.3) is 0 Å². The van der Waals surface area contributed by atoms with Gasteiger partial charge in [0.2, 0.25) is 0 Å². The highest BCUT2D eigenvalue weighted by atomic mass is 79.9. The van der Waals surface area contributed by atoms with E-state index in [4.69, 9.17) is 17.1 Å². The van der Waals surface area contributed by atoms with Gasteiger partial charge in [0.05, 0.1) is 0 Å². The van der Waals surface area contributed by atoms with Gasteiger partial charge < -0.3 is 0 Å². The molecule has 0 unspecified atom stereocenters. The monoisotopic (exact) mass is 271 g/mol. The van der Waals surface area contributed by atoms with E-state index >= 15 is 0 Å². The van der Waals surface area contributed by atoms with Crippen LogP contribution in [0.2, 0.25) is 5.02 Å². The molecule has 1 aromatic rings. The summed E-state index contributed by atoms with van der Waals surface area (Å²) in [6.07, 6.45) is 3.58. The second-order valence-corrected chi connectivity index (χ2v) is 3.71. The van der Waals surface area contributed by atoms with Gasteiger partial charge in [-0.25, -0.2) is 0 Å². The molecular weight excluding hydrogens is 265 g/mol. The Bertz CT molecular complexity index is 377. The molecule has 14 heavy (non-hydrogen) atoms. The summed E-state index contributed by atoms with van der Waals surface area (Å²) < 4.78 is 0.919. The van der Waals surface area contributed by atoms with Gasteiger partial charge in [-0.15, -0.1) is 0 Å². The molecule has 0 amide bonds. The lowest BCUT2D eigenvalue weighted by Crippen LogP contribution is -1.78. The lowest BCUT2D eigenvalue weighted by molar-refractivity contribution is 1.22. The average molecular weight is 273 g/mol. The second kappa shape index (κ2) is 5.70. The Morgan fingerprint density at radius 2 is 2.36 bits per heavy atom. The van der Waals surface area contributed by atoms with Crippen LogP contribution in [0.5, 0.6) is 0 Å². The molecule has 72 valence electrons. The Morgan fingerprint density at radius 1 is 1.57 bits per heavy atom. The summed E-state index contributed by atoms with van der Waals surface area (Å²) in [6.45, 7) is 0.328. The van der Waals surface area contributed by atoms with E-state index in [9.17, 15) is 0 Å². The van der Waals surface area contributed by atoms with Crippen molar-refractivity contribution in [3.05, 3.63) is 49.8 Å². The van der Waals surface area contributed by atoms with Crippen LogP contribution >= 0.6 is 27.5 Å². The predicted octanol–water partition coefficient (Wildman–Crippen LogP) is 4.43. The summed E-state index contributed by atoms with van der Waals surface area (Å²) in [6, 6.07) is 5.57. The van der Waals surface area contributed by atoms with E-state index in [1.807, 2.05) is 18.2 Å². The lowest BCUT2D eigenvalue weighted by Gasteiger charge is -2.00. The van der Waals surface area contributed by atoms with Crippen LogP contribution in [0.4, 0.5) is 0 Å². The summed E-state index contributed by atoms with van der Waals surface area (Å²) >= 11 is 9.33. The summed E-state index contributed by atoms with van der Waals surface area (Å²) in [5.74, 6) is 0. The van der Waals surface area contributed by atoms with Crippen LogP contribution in [0, 0.1) is 0 Å². The molecule has 0 bridgehead atoms. The van der Waals surface area contributed by atoms with Crippen molar-refractivity contribution in [2.75, 3.05) is 6.54 Å². The molecule has 0 saturated carbocycles. The Labute approximate surface area is 95.1 Å². The molecule has 0 aliphatic rings. The topological polar surface area (TPSA) is 48.8 Å². The van der Waals surface area contributed by atoms with Crippen molar-refractivity contribution in [2.24, 2.45) is 5.11 Å². The fraction of sp³-hybridized carbons (Fsp3) is 0.111. The maximum absolute atomic E-state index is 8.06. The minimum absolute atomic E-state index is 0.328. The molecule has 0 saturated heterocycles. The highest BCUT2D eigenvalue weighted by Gasteiger charge is 1.99. The minimum atomic E-state index is 0.328. The van der Waals surface area contributed by atoms with E-state index in [-0.39, 0.29) is 0 Å². The molecule has 0 fully saturated rings. The molecule has 1 rings (SSSR count). The third kappa shape index (κ3) is 3.07. The number of nitrogens with zero attached hydrogens (tertiary/aromatic N) is 3. The molecule has 1 aromatic carbocycles. The van der Waals surface area contributed by atoms with Crippen LogP contribution in [0.3, 0.4) is 0 Å². The number of halogens is 2. The van der Waals surface area contributed by atoms with Crippen LogP contribution in [0.15, 0.2) is 33.9 Å². The molecule has 0 aromatic heterocycles. The number of hydrogen-bond donors (Lipinski definition) is 0. The third-order valence-corrected chi connectivity index (χ3v) is 2.56. The molecule has 3 nitrogen and oxygen atoms in total. The molecule has 0 N–H and O–H groups in total. The highest BCUT2D eigenvalue weighted by Crippen LogP contribution is 2.25. The maximum atomic E-state index is 8.06.